The van der Waals surface area contributed by atoms with Gasteiger partial charge >= 0.3 is 5.97 Å². The molecule has 0 unspecified atom stereocenters. The number of hydrogen-bond acceptors (Lipinski definition) is 4. The van der Waals surface area contributed by atoms with Gasteiger partial charge in [0.25, 0.3) is 0 Å². The van der Waals surface area contributed by atoms with Gasteiger partial charge in [-0.25, -0.2) is 0 Å². The van der Waals surface area contributed by atoms with Gasteiger partial charge in [-0.05, 0) is 13.3 Å². The largest absolute Gasteiger partial charge is 0.469 e. The maximum atomic E-state index is 11.7. The Balaban J connectivity index is 2.91. The monoisotopic (exact) mass is 216 g/mol. The van der Waals surface area contributed by atoms with Crippen molar-refractivity contribution in [2.24, 2.45) is 11.3 Å². The zero-order chi connectivity index (χ0) is 11.7. The summed E-state index contributed by atoms with van der Waals surface area (Å²) in [5.41, 5.74) is -0.500. The fourth-order valence-electron chi connectivity index (χ4n) is 2.65. The van der Waals surface area contributed by atoms with Crippen LogP contribution in [0.5, 0.6) is 0 Å². The Morgan fingerprint density at radius 1 is 1.27 bits per heavy atom. The molecule has 15 heavy (non-hydrogen) atoms. The molecule has 0 amide bonds. The smallest absolute Gasteiger partial charge is 0.311 e. The third-order valence-electron chi connectivity index (χ3n) is 3.51. The Morgan fingerprint density at radius 2 is 1.80 bits per heavy atom. The molecule has 0 radical (unpaired) electrons. The van der Waals surface area contributed by atoms with Gasteiger partial charge in [0.1, 0.15) is 0 Å². The fourth-order valence-corrected chi connectivity index (χ4v) is 2.65. The van der Waals surface area contributed by atoms with Crippen LogP contribution in [0.15, 0.2) is 0 Å². The Hall–Kier alpha value is -0.610. The molecule has 0 heterocycles. The predicted molar refractivity (Wildman–Crippen MR) is 55.3 cm³/mol. The Bertz CT molecular complexity index is 247. The maximum Gasteiger partial charge on any atom is 0.311 e. The summed E-state index contributed by atoms with van der Waals surface area (Å²) < 4.78 is 15.7. The van der Waals surface area contributed by atoms with Crippen molar-refractivity contribution in [3.05, 3.63) is 0 Å². The van der Waals surface area contributed by atoms with E-state index in [0.29, 0.717) is 6.42 Å². The van der Waals surface area contributed by atoms with E-state index in [0.717, 1.165) is 6.42 Å². The summed E-state index contributed by atoms with van der Waals surface area (Å²) in [6.45, 7) is 3.93. The van der Waals surface area contributed by atoms with Crippen molar-refractivity contribution in [3.8, 4) is 0 Å². The lowest BCUT2D eigenvalue weighted by Crippen LogP contribution is -2.38. The van der Waals surface area contributed by atoms with Gasteiger partial charge in [-0.15, -0.1) is 0 Å². The van der Waals surface area contributed by atoms with Crippen LogP contribution >= 0.6 is 0 Å². The minimum absolute atomic E-state index is 0.177. The van der Waals surface area contributed by atoms with Crippen LogP contribution in [0.25, 0.3) is 0 Å². The highest BCUT2D eigenvalue weighted by atomic mass is 16.7. The summed E-state index contributed by atoms with van der Waals surface area (Å²) >= 11 is 0. The molecule has 1 aliphatic rings. The third kappa shape index (κ3) is 1.88. The number of methoxy groups -OCH3 is 3. The van der Waals surface area contributed by atoms with Crippen LogP contribution in [0.2, 0.25) is 0 Å². The first-order chi connectivity index (χ1) is 6.94. The van der Waals surface area contributed by atoms with Gasteiger partial charge in [0.05, 0.1) is 12.5 Å². The van der Waals surface area contributed by atoms with E-state index in [2.05, 4.69) is 0 Å². The number of carbonyl (C=O) groups excluding carboxylic acids is 1. The molecule has 1 fully saturated rings. The van der Waals surface area contributed by atoms with Gasteiger partial charge in [0.15, 0.2) is 5.79 Å². The summed E-state index contributed by atoms with van der Waals surface area (Å²) in [5.74, 6) is -0.662. The van der Waals surface area contributed by atoms with Crippen LogP contribution in [0, 0.1) is 11.3 Å². The molecule has 0 bridgehead atoms. The van der Waals surface area contributed by atoms with Crippen LogP contribution < -0.4 is 0 Å². The molecule has 0 aromatic carbocycles. The van der Waals surface area contributed by atoms with Crippen molar-refractivity contribution in [1.29, 1.82) is 0 Å². The molecule has 0 aliphatic heterocycles. The van der Waals surface area contributed by atoms with Crippen molar-refractivity contribution in [2.75, 3.05) is 21.3 Å². The highest BCUT2D eigenvalue weighted by Crippen LogP contribution is 2.50. The molecule has 1 aliphatic carbocycles. The molecular formula is C11H20O4. The summed E-state index contributed by atoms with van der Waals surface area (Å²) in [5, 5.41) is 0. The molecule has 1 rings (SSSR count). The van der Waals surface area contributed by atoms with Crippen LogP contribution in [0.1, 0.15) is 26.7 Å². The van der Waals surface area contributed by atoms with E-state index < -0.39 is 11.2 Å². The standard InChI is InChI=1S/C11H20O4/c1-8-6-10(2,9(12)13-3)7-11(8,14-4)15-5/h8H,6-7H2,1-5H3/t8-,10+/m0/s1. The molecule has 88 valence electrons. The summed E-state index contributed by atoms with van der Waals surface area (Å²) in [6.07, 6.45) is 1.27. The minimum Gasteiger partial charge on any atom is -0.469 e. The quantitative estimate of drug-likeness (QED) is 0.531. The van der Waals surface area contributed by atoms with Crippen LogP contribution in [0.4, 0.5) is 0 Å². The molecule has 2 atom stereocenters. The van der Waals surface area contributed by atoms with Crippen molar-refractivity contribution < 1.29 is 19.0 Å². The number of hydrogen-bond donors (Lipinski definition) is 0. The van der Waals surface area contributed by atoms with Crippen molar-refractivity contribution in [3.63, 3.8) is 0 Å². The van der Waals surface area contributed by atoms with Gasteiger partial charge in [-0.3, -0.25) is 4.79 Å². The zero-order valence-corrected chi connectivity index (χ0v) is 10.1. The van der Waals surface area contributed by atoms with E-state index in [1.165, 1.54) is 7.11 Å². The number of carbonyl (C=O) groups is 1. The average Bonchev–Trinajstić information content (AvgIpc) is 2.50. The number of esters is 1. The number of rotatable bonds is 3. The van der Waals surface area contributed by atoms with E-state index in [1.807, 2.05) is 13.8 Å². The van der Waals surface area contributed by atoms with Crippen LogP contribution in [0.3, 0.4) is 0 Å². The molecule has 0 spiro atoms. The summed E-state index contributed by atoms with van der Waals surface area (Å²) in [7, 11) is 4.64. The van der Waals surface area contributed by atoms with Crippen molar-refractivity contribution in [2.45, 2.75) is 32.5 Å². The van der Waals surface area contributed by atoms with E-state index in [1.54, 1.807) is 14.2 Å². The van der Waals surface area contributed by atoms with Gasteiger partial charge < -0.3 is 14.2 Å². The number of ether oxygens (including phenoxy) is 3. The normalized spacial score (nSPS) is 34.1. The Morgan fingerprint density at radius 3 is 2.13 bits per heavy atom. The van der Waals surface area contributed by atoms with Gasteiger partial charge in [-0.2, -0.15) is 0 Å². The van der Waals surface area contributed by atoms with Crippen molar-refractivity contribution >= 4 is 5.97 Å². The van der Waals surface area contributed by atoms with E-state index >= 15 is 0 Å². The van der Waals surface area contributed by atoms with Gasteiger partial charge in [0.2, 0.25) is 0 Å². The first-order valence-electron chi connectivity index (χ1n) is 5.13. The van der Waals surface area contributed by atoms with Gasteiger partial charge in [-0.1, -0.05) is 6.92 Å². The SMILES string of the molecule is COC(=O)[C@]1(C)C[C@H](C)C(OC)(OC)C1. The topological polar surface area (TPSA) is 44.8 Å². The van der Waals surface area contributed by atoms with Crippen LogP contribution in [-0.4, -0.2) is 33.1 Å². The summed E-state index contributed by atoms with van der Waals surface area (Å²) in [6, 6.07) is 0. The summed E-state index contributed by atoms with van der Waals surface area (Å²) in [4.78, 5) is 11.7. The van der Waals surface area contributed by atoms with E-state index in [9.17, 15) is 4.79 Å². The lowest BCUT2D eigenvalue weighted by molar-refractivity contribution is -0.228. The molecular weight excluding hydrogens is 196 g/mol. The maximum absolute atomic E-state index is 11.7. The predicted octanol–water partition coefficient (Wildman–Crippen LogP) is 1.58. The molecule has 4 nitrogen and oxygen atoms in total. The highest BCUT2D eigenvalue weighted by Gasteiger charge is 2.55. The highest BCUT2D eigenvalue weighted by molar-refractivity contribution is 5.76. The lowest BCUT2D eigenvalue weighted by Gasteiger charge is -2.31. The van der Waals surface area contributed by atoms with E-state index in [4.69, 9.17) is 14.2 Å². The second-order valence-corrected chi connectivity index (χ2v) is 4.55. The minimum atomic E-state index is -0.650. The second-order valence-electron chi connectivity index (χ2n) is 4.55. The molecule has 0 aromatic rings. The molecule has 0 N–H and O–H groups in total. The van der Waals surface area contributed by atoms with Gasteiger partial charge in [0, 0.05) is 26.6 Å². The first kappa shape index (κ1) is 12.5. The average molecular weight is 216 g/mol. The first-order valence-corrected chi connectivity index (χ1v) is 5.13. The van der Waals surface area contributed by atoms with Crippen molar-refractivity contribution in [1.82, 2.24) is 0 Å². The van der Waals surface area contributed by atoms with Crippen LogP contribution in [-0.2, 0) is 19.0 Å². The van der Waals surface area contributed by atoms with E-state index in [-0.39, 0.29) is 11.9 Å². The fraction of sp³-hybridized carbons (Fsp3) is 0.909. The Labute approximate surface area is 90.9 Å². The zero-order valence-electron chi connectivity index (χ0n) is 10.1. The molecule has 4 heteroatoms. The third-order valence-corrected chi connectivity index (χ3v) is 3.51. The molecule has 0 saturated heterocycles. The second kappa shape index (κ2) is 4.10. The molecule has 1 saturated carbocycles. The lowest BCUT2D eigenvalue weighted by atomic mass is 9.88. The Kier molecular flexibility index (Phi) is 3.41. The molecule has 0 aromatic heterocycles.